The van der Waals surface area contributed by atoms with Crippen molar-refractivity contribution in [3.05, 3.63) is 100 Å². The highest BCUT2D eigenvalue weighted by Gasteiger charge is 2.12. The molecule has 0 aliphatic carbocycles. The lowest BCUT2D eigenvalue weighted by Gasteiger charge is -2.13. The molecule has 3 aromatic carbocycles. The number of rotatable bonds is 6. The molecule has 0 fully saturated rings. The van der Waals surface area contributed by atoms with Crippen LogP contribution in [0.2, 0.25) is 0 Å². The predicted octanol–water partition coefficient (Wildman–Crippen LogP) is 4.02. The predicted molar refractivity (Wildman–Crippen MR) is 123 cm³/mol. The zero-order chi connectivity index (χ0) is 22.5. The summed E-state index contributed by atoms with van der Waals surface area (Å²) in [5.74, 6) is -0.273. The highest BCUT2D eigenvalue weighted by atomic mass is 19.1. The lowest BCUT2D eigenvalue weighted by atomic mass is 10.2. The number of aromatic nitrogens is 2. The number of nitrogens with one attached hydrogen (secondary N) is 1. The number of aliphatic hydroxyl groups is 1. The number of carbonyl (C=O) groups is 1. The quantitative estimate of drug-likeness (QED) is 0.485. The molecule has 0 saturated carbocycles. The lowest BCUT2D eigenvalue weighted by Crippen LogP contribution is -2.22. The van der Waals surface area contributed by atoms with Crippen LogP contribution in [0.4, 0.5) is 10.1 Å². The van der Waals surface area contributed by atoms with Crippen molar-refractivity contribution in [3.63, 3.8) is 0 Å². The molecule has 4 aromatic rings. The van der Waals surface area contributed by atoms with Gasteiger partial charge >= 0.3 is 0 Å². The minimum Gasteiger partial charge on any atom is -0.396 e. The standard InChI is InChI=1S/C25H20FN3O3/c26-18-11-8-17(9-12-18)10-13-23-28-22-7-2-1-6-21(22)25(32)29(23)20-5-3-4-19(16-20)27-24(31)14-15-30/h1-13,16,30H,14-15H2,(H,27,31)/b13-10+. The van der Waals surface area contributed by atoms with E-state index < -0.39 is 0 Å². The molecule has 0 radical (unpaired) electrons. The first-order chi connectivity index (χ1) is 15.5. The first-order valence-corrected chi connectivity index (χ1v) is 10.0. The number of benzene rings is 3. The molecular formula is C25H20FN3O3. The number of aliphatic hydroxyl groups excluding tert-OH is 1. The van der Waals surface area contributed by atoms with E-state index in [-0.39, 0.29) is 30.3 Å². The van der Waals surface area contributed by atoms with Gasteiger partial charge in [-0.1, -0.05) is 36.4 Å². The van der Waals surface area contributed by atoms with Crippen LogP contribution in [0.1, 0.15) is 17.8 Å². The molecule has 7 heteroatoms. The Morgan fingerprint density at radius 3 is 2.59 bits per heavy atom. The Hall–Kier alpha value is -4.10. The Balaban J connectivity index is 1.83. The van der Waals surface area contributed by atoms with E-state index in [0.717, 1.165) is 5.56 Å². The smallest absolute Gasteiger partial charge is 0.266 e. The Kier molecular flexibility index (Phi) is 6.19. The third-order valence-corrected chi connectivity index (χ3v) is 4.82. The van der Waals surface area contributed by atoms with Gasteiger partial charge in [-0.05, 0) is 54.1 Å². The first kappa shape index (κ1) is 21.1. The highest BCUT2D eigenvalue weighted by Crippen LogP contribution is 2.19. The summed E-state index contributed by atoms with van der Waals surface area (Å²) in [6.07, 6.45) is 3.42. The third kappa shape index (κ3) is 4.63. The minimum atomic E-state index is -0.331. The molecule has 0 unspecified atom stereocenters. The molecule has 0 aliphatic heterocycles. The number of anilines is 1. The van der Waals surface area contributed by atoms with Gasteiger partial charge in [0.25, 0.3) is 5.56 Å². The van der Waals surface area contributed by atoms with E-state index in [1.54, 1.807) is 66.7 Å². The molecule has 1 heterocycles. The van der Waals surface area contributed by atoms with Crippen molar-refractivity contribution in [2.75, 3.05) is 11.9 Å². The normalized spacial score (nSPS) is 11.2. The Morgan fingerprint density at radius 1 is 1.03 bits per heavy atom. The summed E-state index contributed by atoms with van der Waals surface area (Å²) >= 11 is 0. The fourth-order valence-corrected chi connectivity index (χ4v) is 3.30. The largest absolute Gasteiger partial charge is 0.396 e. The Labute approximate surface area is 183 Å². The molecule has 0 spiro atoms. The van der Waals surface area contributed by atoms with Gasteiger partial charge < -0.3 is 10.4 Å². The number of hydrogen-bond donors (Lipinski definition) is 2. The minimum absolute atomic E-state index is 0.0205. The number of para-hydroxylation sites is 1. The molecule has 0 atom stereocenters. The zero-order valence-electron chi connectivity index (χ0n) is 17.0. The SMILES string of the molecule is O=C(CCO)Nc1cccc(-n2c(/C=C/c3ccc(F)cc3)nc3ccccc3c2=O)c1. The lowest BCUT2D eigenvalue weighted by molar-refractivity contribution is -0.116. The third-order valence-electron chi connectivity index (χ3n) is 4.82. The maximum Gasteiger partial charge on any atom is 0.266 e. The Bertz CT molecular complexity index is 1360. The molecular weight excluding hydrogens is 409 g/mol. The van der Waals surface area contributed by atoms with Crippen LogP contribution in [0.25, 0.3) is 28.7 Å². The summed E-state index contributed by atoms with van der Waals surface area (Å²) in [5.41, 5.74) is 2.07. The van der Waals surface area contributed by atoms with E-state index >= 15 is 0 Å². The average molecular weight is 429 g/mol. The topological polar surface area (TPSA) is 84.2 Å². The maximum atomic E-state index is 13.4. The zero-order valence-corrected chi connectivity index (χ0v) is 17.0. The number of fused-ring (bicyclic) bond motifs is 1. The summed E-state index contributed by atoms with van der Waals surface area (Å²) < 4.78 is 14.7. The first-order valence-electron chi connectivity index (χ1n) is 10.0. The van der Waals surface area contributed by atoms with Crippen molar-refractivity contribution in [2.45, 2.75) is 6.42 Å². The average Bonchev–Trinajstić information content (AvgIpc) is 2.79. The number of nitrogens with zero attached hydrogens (tertiary/aromatic N) is 2. The van der Waals surface area contributed by atoms with E-state index in [0.29, 0.717) is 28.1 Å². The van der Waals surface area contributed by atoms with Gasteiger partial charge in [0.1, 0.15) is 11.6 Å². The van der Waals surface area contributed by atoms with Crippen LogP contribution >= 0.6 is 0 Å². The molecule has 0 aliphatic rings. The van der Waals surface area contributed by atoms with Crippen LogP contribution in [-0.2, 0) is 4.79 Å². The highest BCUT2D eigenvalue weighted by molar-refractivity contribution is 5.91. The van der Waals surface area contributed by atoms with Gasteiger partial charge in [0.05, 0.1) is 29.6 Å². The number of amides is 1. The molecule has 0 saturated heterocycles. The van der Waals surface area contributed by atoms with Crippen molar-refractivity contribution >= 4 is 34.6 Å². The van der Waals surface area contributed by atoms with Gasteiger partial charge in [-0.25, -0.2) is 9.37 Å². The van der Waals surface area contributed by atoms with Crippen LogP contribution in [0.15, 0.2) is 77.6 Å². The van der Waals surface area contributed by atoms with Gasteiger partial charge in [0.2, 0.25) is 5.91 Å². The molecule has 1 amide bonds. The molecule has 160 valence electrons. The fourth-order valence-electron chi connectivity index (χ4n) is 3.30. The second-order valence-corrected chi connectivity index (χ2v) is 7.08. The summed E-state index contributed by atoms with van der Waals surface area (Å²) in [6, 6.07) is 19.9. The van der Waals surface area contributed by atoms with E-state index in [2.05, 4.69) is 10.3 Å². The van der Waals surface area contributed by atoms with Crippen molar-refractivity contribution in [1.29, 1.82) is 0 Å². The van der Waals surface area contributed by atoms with Crippen LogP contribution < -0.4 is 10.9 Å². The second-order valence-electron chi connectivity index (χ2n) is 7.08. The molecule has 6 nitrogen and oxygen atoms in total. The van der Waals surface area contributed by atoms with Crippen LogP contribution in [0.3, 0.4) is 0 Å². The van der Waals surface area contributed by atoms with Gasteiger partial charge in [-0.3, -0.25) is 14.2 Å². The maximum absolute atomic E-state index is 13.4. The summed E-state index contributed by atoms with van der Waals surface area (Å²) in [6.45, 7) is -0.252. The van der Waals surface area contributed by atoms with E-state index in [1.807, 2.05) is 6.07 Å². The van der Waals surface area contributed by atoms with Crippen molar-refractivity contribution in [2.24, 2.45) is 0 Å². The van der Waals surface area contributed by atoms with E-state index in [9.17, 15) is 14.0 Å². The molecule has 2 N–H and O–H groups in total. The second kappa shape index (κ2) is 9.36. The van der Waals surface area contributed by atoms with Gasteiger partial charge in [0.15, 0.2) is 0 Å². The van der Waals surface area contributed by atoms with Gasteiger partial charge in [-0.2, -0.15) is 0 Å². The number of hydrogen-bond acceptors (Lipinski definition) is 4. The molecule has 0 bridgehead atoms. The molecule has 32 heavy (non-hydrogen) atoms. The van der Waals surface area contributed by atoms with Gasteiger partial charge in [-0.15, -0.1) is 0 Å². The van der Waals surface area contributed by atoms with Crippen LogP contribution in [0.5, 0.6) is 0 Å². The van der Waals surface area contributed by atoms with Crippen LogP contribution in [-0.4, -0.2) is 27.2 Å². The van der Waals surface area contributed by atoms with Crippen molar-refractivity contribution in [1.82, 2.24) is 9.55 Å². The summed E-state index contributed by atoms with van der Waals surface area (Å²) in [7, 11) is 0. The molecule has 4 rings (SSSR count). The van der Waals surface area contributed by atoms with Crippen molar-refractivity contribution < 1.29 is 14.3 Å². The van der Waals surface area contributed by atoms with E-state index in [1.165, 1.54) is 16.7 Å². The summed E-state index contributed by atoms with van der Waals surface area (Å²) in [4.78, 5) is 29.9. The van der Waals surface area contributed by atoms with Crippen molar-refractivity contribution in [3.8, 4) is 5.69 Å². The number of carbonyl (C=O) groups excluding carboxylic acids is 1. The fraction of sp³-hybridized carbons (Fsp3) is 0.0800. The van der Waals surface area contributed by atoms with Crippen LogP contribution in [0, 0.1) is 5.82 Å². The molecule has 1 aromatic heterocycles. The van der Waals surface area contributed by atoms with Gasteiger partial charge in [0, 0.05) is 5.69 Å². The van der Waals surface area contributed by atoms with E-state index in [4.69, 9.17) is 5.11 Å². The summed E-state index contributed by atoms with van der Waals surface area (Å²) in [5, 5.41) is 12.1. The Morgan fingerprint density at radius 2 is 1.81 bits per heavy atom. The number of halogens is 1. The monoisotopic (exact) mass is 429 g/mol.